The van der Waals surface area contributed by atoms with Gasteiger partial charge in [-0.3, -0.25) is 9.59 Å². The first-order valence-electron chi connectivity index (χ1n) is 9.87. The number of ether oxygens (including phenoxy) is 3. The van der Waals surface area contributed by atoms with Crippen molar-refractivity contribution >= 4 is 17.5 Å². The molecule has 0 atom stereocenters. The maximum absolute atomic E-state index is 12.1. The molecule has 0 spiro atoms. The average Bonchev–Trinajstić information content (AvgIpc) is 3.18. The van der Waals surface area contributed by atoms with Crippen LogP contribution < -0.4 is 24.4 Å². The highest BCUT2D eigenvalue weighted by Gasteiger charge is 2.21. The number of benzene rings is 2. The van der Waals surface area contributed by atoms with E-state index in [0.29, 0.717) is 38.3 Å². The molecule has 0 aliphatic carbocycles. The van der Waals surface area contributed by atoms with Crippen molar-refractivity contribution in [1.29, 1.82) is 0 Å². The van der Waals surface area contributed by atoms with Gasteiger partial charge in [0.1, 0.15) is 19.0 Å². The standard InChI is InChI=1S/C22H24N2O5/c25-21(23-9-8-16-6-7-19-20(13-16)28-12-11-27-19)15-29-18-4-1-3-17(14-18)24-10-2-5-22(24)26/h1,3-4,6-7,13-14H,2,5,8-12,15H2,(H,23,25). The summed E-state index contributed by atoms with van der Waals surface area (Å²) in [5.74, 6) is 2.02. The van der Waals surface area contributed by atoms with Gasteiger partial charge in [0.15, 0.2) is 18.1 Å². The number of amides is 2. The number of carbonyl (C=O) groups excluding carboxylic acids is 2. The van der Waals surface area contributed by atoms with Crippen LogP contribution >= 0.6 is 0 Å². The molecule has 1 saturated heterocycles. The van der Waals surface area contributed by atoms with Crippen LogP contribution in [0.2, 0.25) is 0 Å². The zero-order valence-corrected chi connectivity index (χ0v) is 16.2. The molecule has 0 saturated carbocycles. The first-order chi connectivity index (χ1) is 14.2. The highest BCUT2D eigenvalue weighted by Crippen LogP contribution is 2.30. The summed E-state index contributed by atoms with van der Waals surface area (Å²) in [7, 11) is 0. The largest absolute Gasteiger partial charge is 0.486 e. The Morgan fingerprint density at radius 1 is 1.10 bits per heavy atom. The van der Waals surface area contributed by atoms with Crippen molar-refractivity contribution in [3.8, 4) is 17.2 Å². The van der Waals surface area contributed by atoms with Crippen molar-refractivity contribution in [3.05, 3.63) is 48.0 Å². The van der Waals surface area contributed by atoms with Crippen molar-refractivity contribution in [2.24, 2.45) is 0 Å². The zero-order chi connectivity index (χ0) is 20.1. The SMILES string of the molecule is O=C(COc1cccc(N2CCCC2=O)c1)NCCc1ccc2c(c1)OCCO2. The quantitative estimate of drug-likeness (QED) is 0.777. The summed E-state index contributed by atoms with van der Waals surface area (Å²) >= 11 is 0. The normalized spacial score (nSPS) is 15.3. The molecule has 2 aliphatic heterocycles. The topological polar surface area (TPSA) is 77.1 Å². The minimum Gasteiger partial charge on any atom is -0.486 e. The predicted octanol–water partition coefficient (Wildman–Crippen LogP) is 2.32. The summed E-state index contributed by atoms with van der Waals surface area (Å²) in [6.07, 6.45) is 2.14. The first kappa shape index (κ1) is 19.1. The molecular weight excluding hydrogens is 372 g/mol. The number of nitrogens with zero attached hydrogens (tertiary/aromatic N) is 1. The van der Waals surface area contributed by atoms with Crippen molar-refractivity contribution < 1.29 is 23.8 Å². The van der Waals surface area contributed by atoms with Gasteiger partial charge in [-0.2, -0.15) is 0 Å². The lowest BCUT2D eigenvalue weighted by molar-refractivity contribution is -0.123. The van der Waals surface area contributed by atoms with Crippen LogP contribution in [-0.2, 0) is 16.0 Å². The predicted molar refractivity (Wildman–Crippen MR) is 108 cm³/mol. The molecule has 7 heteroatoms. The minimum atomic E-state index is -0.190. The second-order valence-corrected chi connectivity index (χ2v) is 7.01. The third kappa shape index (κ3) is 4.80. The van der Waals surface area contributed by atoms with Crippen LogP contribution in [0.3, 0.4) is 0 Å². The fourth-order valence-electron chi connectivity index (χ4n) is 3.45. The van der Waals surface area contributed by atoms with Gasteiger partial charge in [0.05, 0.1) is 0 Å². The van der Waals surface area contributed by atoms with Crippen LogP contribution in [0.1, 0.15) is 18.4 Å². The third-order valence-corrected chi connectivity index (χ3v) is 4.92. The van der Waals surface area contributed by atoms with Gasteiger partial charge in [-0.25, -0.2) is 0 Å². The summed E-state index contributed by atoms with van der Waals surface area (Å²) in [5, 5.41) is 2.86. The van der Waals surface area contributed by atoms with Crippen LogP contribution in [0.5, 0.6) is 17.2 Å². The number of hydrogen-bond donors (Lipinski definition) is 1. The molecule has 29 heavy (non-hydrogen) atoms. The maximum atomic E-state index is 12.1. The van der Waals surface area contributed by atoms with E-state index in [1.807, 2.05) is 30.3 Å². The van der Waals surface area contributed by atoms with Crippen LogP contribution in [-0.4, -0.2) is 44.7 Å². The van der Waals surface area contributed by atoms with Gasteiger partial charge in [-0.15, -0.1) is 0 Å². The molecule has 0 aromatic heterocycles. The monoisotopic (exact) mass is 396 g/mol. The van der Waals surface area contributed by atoms with E-state index in [0.717, 1.165) is 35.7 Å². The average molecular weight is 396 g/mol. The highest BCUT2D eigenvalue weighted by atomic mass is 16.6. The van der Waals surface area contributed by atoms with Gasteiger partial charge in [0, 0.05) is 31.3 Å². The van der Waals surface area contributed by atoms with E-state index in [1.54, 1.807) is 17.0 Å². The molecule has 0 bridgehead atoms. The molecule has 2 aromatic carbocycles. The first-order valence-corrected chi connectivity index (χ1v) is 9.87. The van der Waals surface area contributed by atoms with Crippen molar-refractivity contribution in [2.75, 3.05) is 37.8 Å². The van der Waals surface area contributed by atoms with E-state index in [9.17, 15) is 9.59 Å². The Balaban J connectivity index is 1.23. The van der Waals surface area contributed by atoms with Gasteiger partial charge in [0.25, 0.3) is 5.91 Å². The zero-order valence-electron chi connectivity index (χ0n) is 16.2. The molecule has 152 valence electrons. The van der Waals surface area contributed by atoms with Crippen LogP contribution in [0.4, 0.5) is 5.69 Å². The molecular formula is C22H24N2O5. The third-order valence-electron chi connectivity index (χ3n) is 4.92. The number of anilines is 1. The second-order valence-electron chi connectivity index (χ2n) is 7.01. The molecule has 4 rings (SSSR count). The molecule has 2 heterocycles. The lowest BCUT2D eigenvalue weighted by Gasteiger charge is -2.19. The van der Waals surface area contributed by atoms with E-state index in [4.69, 9.17) is 14.2 Å². The smallest absolute Gasteiger partial charge is 0.257 e. The minimum absolute atomic E-state index is 0.0709. The van der Waals surface area contributed by atoms with E-state index in [2.05, 4.69) is 5.32 Å². The Labute approximate surface area is 169 Å². The Morgan fingerprint density at radius 3 is 2.79 bits per heavy atom. The van der Waals surface area contributed by atoms with Crippen molar-refractivity contribution in [2.45, 2.75) is 19.3 Å². The second kappa shape index (κ2) is 8.86. The molecule has 2 aromatic rings. The van der Waals surface area contributed by atoms with Gasteiger partial charge < -0.3 is 24.4 Å². The van der Waals surface area contributed by atoms with Crippen LogP contribution in [0.25, 0.3) is 0 Å². The highest BCUT2D eigenvalue weighted by molar-refractivity contribution is 5.95. The lowest BCUT2D eigenvalue weighted by atomic mass is 10.1. The van der Waals surface area contributed by atoms with Crippen LogP contribution in [0, 0.1) is 0 Å². The summed E-state index contributed by atoms with van der Waals surface area (Å²) in [4.78, 5) is 25.7. The van der Waals surface area contributed by atoms with Gasteiger partial charge >= 0.3 is 0 Å². The summed E-state index contributed by atoms with van der Waals surface area (Å²) in [5.41, 5.74) is 1.88. The number of rotatable bonds is 7. The van der Waals surface area contributed by atoms with Crippen molar-refractivity contribution in [1.82, 2.24) is 5.32 Å². The molecule has 0 radical (unpaired) electrons. The molecule has 1 N–H and O–H groups in total. The molecule has 7 nitrogen and oxygen atoms in total. The van der Waals surface area contributed by atoms with Crippen LogP contribution in [0.15, 0.2) is 42.5 Å². The maximum Gasteiger partial charge on any atom is 0.257 e. The Hall–Kier alpha value is -3.22. The molecule has 2 aliphatic rings. The lowest BCUT2D eigenvalue weighted by Crippen LogP contribution is -2.30. The number of fused-ring (bicyclic) bond motifs is 1. The van der Waals surface area contributed by atoms with Gasteiger partial charge in [-0.05, 0) is 42.7 Å². The van der Waals surface area contributed by atoms with Gasteiger partial charge in [0.2, 0.25) is 5.91 Å². The van der Waals surface area contributed by atoms with Gasteiger partial charge in [-0.1, -0.05) is 12.1 Å². The van der Waals surface area contributed by atoms with E-state index in [1.165, 1.54) is 0 Å². The number of hydrogen-bond acceptors (Lipinski definition) is 5. The Bertz CT molecular complexity index is 899. The van der Waals surface area contributed by atoms with Crippen molar-refractivity contribution in [3.63, 3.8) is 0 Å². The number of carbonyl (C=O) groups is 2. The fourth-order valence-corrected chi connectivity index (χ4v) is 3.45. The molecule has 2 amide bonds. The Morgan fingerprint density at radius 2 is 1.97 bits per heavy atom. The van der Waals surface area contributed by atoms with E-state index >= 15 is 0 Å². The summed E-state index contributed by atoms with van der Waals surface area (Å²) < 4.78 is 16.7. The Kier molecular flexibility index (Phi) is 5.84. The van der Waals surface area contributed by atoms with E-state index in [-0.39, 0.29) is 18.4 Å². The fraction of sp³-hybridized carbons (Fsp3) is 0.364. The molecule has 0 unspecified atom stereocenters. The summed E-state index contributed by atoms with van der Waals surface area (Å²) in [6.45, 7) is 2.28. The molecule has 1 fully saturated rings. The number of nitrogens with one attached hydrogen (secondary N) is 1. The van der Waals surface area contributed by atoms with E-state index < -0.39 is 0 Å². The summed E-state index contributed by atoms with van der Waals surface area (Å²) in [6, 6.07) is 13.1.